The zero-order chi connectivity index (χ0) is 16.8. The number of hydrogen-bond donors (Lipinski definition) is 1. The van der Waals surface area contributed by atoms with Crippen LogP contribution in [0.25, 0.3) is 0 Å². The molecule has 0 aromatic heterocycles. The fourth-order valence-corrected chi connectivity index (χ4v) is 4.64. The summed E-state index contributed by atoms with van der Waals surface area (Å²) in [5, 5.41) is 2.72. The first-order chi connectivity index (χ1) is 10.7. The lowest BCUT2D eigenvalue weighted by Crippen LogP contribution is -2.37. The molecule has 0 aliphatic carbocycles. The van der Waals surface area contributed by atoms with E-state index in [2.05, 4.69) is 5.32 Å². The van der Waals surface area contributed by atoms with Crippen LogP contribution in [0, 0.1) is 0 Å². The van der Waals surface area contributed by atoms with Crippen LogP contribution in [0.5, 0.6) is 5.75 Å². The number of rotatable bonds is 2. The molecule has 0 spiro atoms. The van der Waals surface area contributed by atoms with Crippen LogP contribution in [0.15, 0.2) is 18.2 Å². The van der Waals surface area contributed by atoms with Crippen LogP contribution in [-0.4, -0.2) is 43.3 Å². The van der Waals surface area contributed by atoms with Gasteiger partial charge in [0, 0.05) is 11.6 Å². The predicted octanol–water partition coefficient (Wildman–Crippen LogP) is 1.35. The Balaban J connectivity index is 1.78. The Bertz CT molecular complexity index is 782. The number of ether oxygens (including phenoxy) is 1. The Morgan fingerprint density at radius 3 is 2.74 bits per heavy atom. The third-order valence-electron chi connectivity index (χ3n) is 4.08. The number of fused-ring (bicyclic) bond motifs is 1. The Morgan fingerprint density at radius 2 is 2.09 bits per heavy atom. The molecule has 0 saturated carbocycles. The van der Waals surface area contributed by atoms with Gasteiger partial charge in [-0.05, 0) is 38.5 Å². The zero-order valence-electron chi connectivity index (χ0n) is 13.1. The summed E-state index contributed by atoms with van der Waals surface area (Å²) >= 11 is 0. The second-order valence-electron chi connectivity index (χ2n) is 6.75. The molecule has 2 aliphatic heterocycles. The number of sulfone groups is 1. The van der Waals surface area contributed by atoms with E-state index in [4.69, 9.17) is 4.74 Å². The number of carbonyl (C=O) groups excluding carboxylic acids is 2. The van der Waals surface area contributed by atoms with Crippen molar-refractivity contribution in [1.29, 1.82) is 0 Å². The molecule has 0 bridgehead atoms. The summed E-state index contributed by atoms with van der Waals surface area (Å²) in [6.45, 7) is 3.68. The van der Waals surface area contributed by atoms with Gasteiger partial charge in [0.05, 0.1) is 23.5 Å². The van der Waals surface area contributed by atoms with E-state index in [1.54, 1.807) is 12.1 Å². The van der Waals surface area contributed by atoms with E-state index in [9.17, 15) is 18.0 Å². The molecule has 1 aromatic carbocycles. The second-order valence-corrected chi connectivity index (χ2v) is 8.97. The van der Waals surface area contributed by atoms with Crippen molar-refractivity contribution in [2.45, 2.75) is 38.3 Å². The highest BCUT2D eigenvalue weighted by Crippen LogP contribution is 2.33. The third kappa shape index (κ3) is 3.39. The van der Waals surface area contributed by atoms with Crippen LogP contribution in [-0.2, 0) is 9.84 Å². The van der Waals surface area contributed by atoms with Gasteiger partial charge < -0.3 is 10.1 Å². The lowest BCUT2D eigenvalue weighted by molar-refractivity contribution is 0.0620. The second kappa shape index (κ2) is 5.33. The number of amides is 1. The monoisotopic (exact) mass is 337 g/mol. The molecule has 124 valence electrons. The van der Waals surface area contributed by atoms with Gasteiger partial charge in [-0.15, -0.1) is 0 Å². The summed E-state index contributed by atoms with van der Waals surface area (Å²) in [5.41, 5.74) is 0.187. The van der Waals surface area contributed by atoms with Gasteiger partial charge in [0.15, 0.2) is 15.6 Å². The smallest absolute Gasteiger partial charge is 0.251 e. The van der Waals surface area contributed by atoms with Crippen LogP contribution in [0.3, 0.4) is 0 Å². The Labute approximate surface area is 135 Å². The minimum absolute atomic E-state index is 0.0279. The zero-order valence-corrected chi connectivity index (χ0v) is 13.9. The van der Waals surface area contributed by atoms with Crippen LogP contribution >= 0.6 is 0 Å². The quantitative estimate of drug-likeness (QED) is 0.880. The number of hydrogen-bond acceptors (Lipinski definition) is 5. The van der Waals surface area contributed by atoms with Crippen molar-refractivity contribution in [2.24, 2.45) is 0 Å². The molecule has 1 atom stereocenters. The Hall–Kier alpha value is -1.89. The van der Waals surface area contributed by atoms with Crippen molar-refractivity contribution in [3.63, 3.8) is 0 Å². The van der Waals surface area contributed by atoms with Gasteiger partial charge in [0.2, 0.25) is 0 Å². The van der Waals surface area contributed by atoms with Crippen LogP contribution in [0.2, 0.25) is 0 Å². The molecule has 6 nitrogen and oxygen atoms in total. The first-order valence-electron chi connectivity index (χ1n) is 7.53. The Kier molecular flexibility index (Phi) is 3.71. The Morgan fingerprint density at radius 1 is 1.35 bits per heavy atom. The van der Waals surface area contributed by atoms with E-state index in [0.717, 1.165) is 0 Å². The fourth-order valence-electron chi connectivity index (χ4n) is 2.97. The lowest BCUT2D eigenvalue weighted by Gasteiger charge is -2.31. The van der Waals surface area contributed by atoms with Crippen molar-refractivity contribution in [2.75, 3.05) is 11.5 Å². The highest BCUT2D eigenvalue weighted by molar-refractivity contribution is 7.91. The van der Waals surface area contributed by atoms with E-state index in [-0.39, 0.29) is 35.7 Å². The molecule has 2 aliphatic rings. The molecule has 7 heteroatoms. The van der Waals surface area contributed by atoms with E-state index in [1.807, 2.05) is 13.8 Å². The average molecular weight is 337 g/mol. The number of Topliss-reactive ketones (excluding diaryl/α,β-unsaturated/α-hetero) is 1. The van der Waals surface area contributed by atoms with Crippen LogP contribution in [0.1, 0.15) is 47.4 Å². The average Bonchev–Trinajstić information content (AvgIpc) is 2.76. The molecule has 1 N–H and O–H groups in total. The van der Waals surface area contributed by atoms with Crippen molar-refractivity contribution >= 4 is 21.5 Å². The maximum atomic E-state index is 12.3. The largest absolute Gasteiger partial charge is 0.487 e. The minimum atomic E-state index is -3.05. The normalized spacial score (nSPS) is 24.6. The fraction of sp³-hybridized carbons (Fsp3) is 0.500. The van der Waals surface area contributed by atoms with E-state index >= 15 is 0 Å². The highest BCUT2D eigenvalue weighted by Gasteiger charge is 2.33. The first kappa shape index (κ1) is 16.0. The number of nitrogens with one attached hydrogen (secondary N) is 1. The van der Waals surface area contributed by atoms with Gasteiger partial charge in [-0.2, -0.15) is 0 Å². The summed E-state index contributed by atoms with van der Waals surface area (Å²) < 4.78 is 28.6. The molecule has 1 saturated heterocycles. The topological polar surface area (TPSA) is 89.5 Å². The number of carbonyl (C=O) groups is 2. The van der Waals surface area contributed by atoms with Crippen molar-refractivity contribution in [1.82, 2.24) is 5.32 Å². The molecule has 3 rings (SSSR count). The van der Waals surface area contributed by atoms with Crippen LogP contribution in [0.4, 0.5) is 0 Å². The molecule has 1 unspecified atom stereocenters. The van der Waals surface area contributed by atoms with Gasteiger partial charge in [-0.1, -0.05) is 0 Å². The maximum absolute atomic E-state index is 12.3. The molecule has 0 radical (unpaired) electrons. The SMILES string of the molecule is CC1(C)CC(=O)c2cc(C(=O)NC3CCS(=O)(=O)C3)ccc2O1. The summed E-state index contributed by atoms with van der Waals surface area (Å²) in [7, 11) is -3.05. The van der Waals surface area contributed by atoms with Gasteiger partial charge in [-0.3, -0.25) is 9.59 Å². The molecular weight excluding hydrogens is 318 g/mol. The van der Waals surface area contributed by atoms with Crippen molar-refractivity contribution in [3.05, 3.63) is 29.3 Å². The third-order valence-corrected chi connectivity index (χ3v) is 5.85. The summed E-state index contributed by atoms with van der Waals surface area (Å²) in [4.78, 5) is 24.5. The predicted molar refractivity (Wildman–Crippen MR) is 84.6 cm³/mol. The summed E-state index contributed by atoms with van der Waals surface area (Å²) in [5.74, 6) is 0.122. The van der Waals surface area contributed by atoms with E-state index < -0.39 is 15.4 Å². The lowest BCUT2D eigenvalue weighted by atomic mass is 9.92. The number of benzene rings is 1. The van der Waals surface area contributed by atoms with Gasteiger partial charge >= 0.3 is 0 Å². The highest BCUT2D eigenvalue weighted by atomic mass is 32.2. The van der Waals surface area contributed by atoms with Crippen molar-refractivity contribution in [3.8, 4) is 5.75 Å². The summed E-state index contributed by atoms with van der Waals surface area (Å²) in [6.07, 6.45) is 0.682. The van der Waals surface area contributed by atoms with Gasteiger partial charge in [0.1, 0.15) is 11.4 Å². The molecular formula is C16H19NO5S. The molecule has 1 amide bonds. The van der Waals surface area contributed by atoms with Crippen molar-refractivity contribution < 1.29 is 22.7 Å². The number of ketones is 1. The van der Waals surface area contributed by atoms with Gasteiger partial charge in [-0.25, -0.2) is 8.42 Å². The first-order valence-corrected chi connectivity index (χ1v) is 9.35. The molecule has 1 aromatic rings. The van der Waals surface area contributed by atoms with Gasteiger partial charge in [0.25, 0.3) is 5.91 Å². The van der Waals surface area contributed by atoms with E-state index in [0.29, 0.717) is 23.3 Å². The molecule has 23 heavy (non-hydrogen) atoms. The molecule has 2 heterocycles. The standard InChI is InChI=1S/C16H19NO5S/c1-16(2)8-13(18)12-7-10(3-4-14(12)22-16)15(19)17-11-5-6-23(20,21)9-11/h3-4,7,11H,5-6,8-9H2,1-2H3,(H,17,19). The minimum Gasteiger partial charge on any atom is -0.487 e. The van der Waals surface area contributed by atoms with Crippen LogP contribution < -0.4 is 10.1 Å². The summed E-state index contributed by atoms with van der Waals surface area (Å²) in [6, 6.07) is 4.36. The maximum Gasteiger partial charge on any atom is 0.251 e. The van der Waals surface area contributed by atoms with E-state index in [1.165, 1.54) is 6.07 Å². The molecule has 1 fully saturated rings.